The predicted molar refractivity (Wildman–Crippen MR) is 128 cm³/mol. The van der Waals surface area contributed by atoms with Gasteiger partial charge in [0, 0.05) is 36.9 Å². The molecule has 2 heterocycles. The number of thiophene rings is 1. The Bertz CT molecular complexity index is 1110. The molecule has 8 heteroatoms. The fourth-order valence-electron chi connectivity index (χ4n) is 3.54. The normalized spacial score (nSPS) is 13.9. The third-order valence-electron chi connectivity index (χ3n) is 5.23. The molecule has 2 amide bonds. The van der Waals surface area contributed by atoms with E-state index in [0.717, 1.165) is 24.3 Å². The number of hydrogen-bond donors (Lipinski definition) is 1. The van der Waals surface area contributed by atoms with Crippen molar-refractivity contribution in [2.24, 2.45) is 0 Å². The fraction of sp³-hybridized carbons (Fsp3) is 0.217. The molecule has 4 rings (SSSR count). The number of carbonyl (C=O) groups excluding carboxylic acids is 2. The first-order valence-electron chi connectivity index (χ1n) is 9.88. The average molecular weight is 474 g/mol. The zero-order valence-electron chi connectivity index (χ0n) is 16.9. The summed E-state index contributed by atoms with van der Waals surface area (Å²) in [5, 5.41) is 4.59. The first-order valence-corrected chi connectivity index (χ1v) is 11.5. The highest BCUT2D eigenvalue weighted by Crippen LogP contribution is 2.29. The topological polar surface area (TPSA) is 52.7 Å². The van der Waals surface area contributed by atoms with E-state index in [4.69, 9.17) is 23.2 Å². The van der Waals surface area contributed by atoms with Crippen LogP contribution in [0.5, 0.6) is 0 Å². The minimum absolute atomic E-state index is 0.00324. The Hall–Kier alpha value is -2.54. The molecule has 1 fully saturated rings. The van der Waals surface area contributed by atoms with Gasteiger partial charge in [-0.1, -0.05) is 35.3 Å². The van der Waals surface area contributed by atoms with E-state index < -0.39 is 0 Å². The monoisotopic (exact) mass is 473 g/mol. The summed E-state index contributed by atoms with van der Waals surface area (Å²) in [6.45, 7) is 4.68. The summed E-state index contributed by atoms with van der Waals surface area (Å²) in [5.74, 6) is -0.293. The van der Waals surface area contributed by atoms with Crippen LogP contribution in [0.1, 0.15) is 25.6 Å². The minimum Gasteiger partial charge on any atom is -0.368 e. The number of rotatable bonds is 4. The molecule has 0 spiro atoms. The van der Waals surface area contributed by atoms with Crippen LogP contribution in [0, 0.1) is 6.92 Å². The average Bonchev–Trinajstić information content (AvgIpc) is 3.14. The van der Waals surface area contributed by atoms with Gasteiger partial charge in [0.05, 0.1) is 20.5 Å². The second-order valence-corrected chi connectivity index (χ2v) is 9.21. The van der Waals surface area contributed by atoms with Gasteiger partial charge in [-0.3, -0.25) is 9.59 Å². The van der Waals surface area contributed by atoms with Gasteiger partial charge >= 0.3 is 0 Å². The summed E-state index contributed by atoms with van der Waals surface area (Å²) in [5.41, 5.74) is 2.36. The molecular formula is C23H21Cl2N3O2S. The molecule has 2 aromatic carbocycles. The van der Waals surface area contributed by atoms with Gasteiger partial charge in [-0.05, 0) is 55.0 Å². The fourth-order valence-corrected chi connectivity index (χ4v) is 4.93. The van der Waals surface area contributed by atoms with Gasteiger partial charge in [0.2, 0.25) is 0 Å². The van der Waals surface area contributed by atoms with Crippen molar-refractivity contribution in [1.82, 2.24) is 4.90 Å². The second kappa shape index (κ2) is 9.30. The Balaban J connectivity index is 1.40. The number of piperazine rings is 1. The smallest absolute Gasteiger partial charge is 0.264 e. The molecule has 0 bridgehead atoms. The van der Waals surface area contributed by atoms with Gasteiger partial charge in [-0.15, -0.1) is 11.3 Å². The maximum atomic E-state index is 13.1. The molecule has 31 heavy (non-hydrogen) atoms. The van der Waals surface area contributed by atoms with Crippen LogP contribution in [0.15, 0.2) is 54.6 Å². The van der Waals surface area contributed by atoms with Crippen molar-refractivity contribution >= 4 is 57.0 Å². The molecule has 0 saturated carbocycles. The third kappa shape index (κ3) is 4.87. The predicted octanol–water partition coefficient (Wildman–Crippen LogP) is 5.58. The van der Waals surface area contributed by atoms with Crippen LogP contribution in [0.4, 0.5) is 10.7 Å². The van der Waals surface area contributed by atoms with Crippen molar-refractivity contribution in [2.75, 3.05) is 36.4 Å². The van der Waals surface area contributed by atoms with Gasteiger partial charge in [0.15, 0.2) is 0 Å². The SMILES string of the molecule is Cc1cc(NC(=O)c2ccccc2Cl)sc1C(=O)N1CCN(c2ccc(Cl)cc2)CC1. The van der Waals surface area contributed by atoms with Crippen LogP contribution in [0.2, 0.25) is 10.0 Å². The molecule has 160 valence electrons. The van der Waals surface area contributed by atoms with Crippen molar-refractivity contribution in [2.45, 2.75) is 6.92 Å². The maximum absolute atomic E-state index is 13.1. The lowest BCUT2D eigenvalue weighted by molar-refractivity contribution is 0.0751. The zero-order valence-corrected chi connectivity index (χ0v) is 19.2. The Morgan fingerprint density at radius 2 is 1.65 bits per heavy atom. The van der Waals surface area contributed by atoms with Gasteiger partial charge in [0.1, 0.15) is 0 Å². The van der Waals surface area contributed by atoms with Gasteiger partial charge in [-0.2, -0.15) is 0 Å². The molecule has 1 aromatic heterocycles. The Kier molecular flexibility index (Phi) is 6.51. The largest absolute Gasteiger partial charge is 0.368 e. The number of nitrogens with zero attached hydrogens (tertiary/aromatic N) is 2. The van der Waals surface area contributed by atoms with Crippen LogP contribution in [0.3, 0.4) is 0 Å². The third-order valence-corrected chi connectivity index (χ3v) is 6.95. The first kappa shape index (κ1) is 21.7. The number of hydrogen-bond acceptors (Lipinski definition) is 4. The number of halogens is 2. The molecule has 0 unspecified atom stereocenters. The van der Waals surface area contributed by atoms with Crippen LogP contribution < -0.4 is 10.2 Å². The number of anilines is 2. The lowest BCUT2D eigenvalue weighted by atomic mass is 10.2. The van der Waals surface area contributed by atoms with E-state index in [-0.39, 0.29) is 11.8 Å². The molecule has 3 aromatic rings. The molecule has 0 radical (unpaired) electrons. The molecule has 0 atom stereocenters. The van der Waals surface area contributed by atoms with Crippen LogP contribution in [0.25, 0.3) is 0 Å². The van der Waals surface area contributed by atoms with Crippen molar-refractivity contribution in [3.05, 3.63) is 80.6 Å². The highest BCUT2D eigenvalue weighted by atomic mass is 35.5. The maximum Gasteiger partial charge on any atom is 0.264 e. The van der Waals surface area contributed by atoms with Crippen molar-refractivity contribution in [1.29, 1.82) is 0 Å². The van der Waals surface area contributed by atoms with E-state index in [1.807, 2.05) is 42.2 Å². The summed E-state index contributed by atoms with van der Waals surface area (Å²) >= 11 is 13.4. The molecule has 1 aliphatic heterocycles. The Labute approximate surface area is 195 Å². The zero-order chi connectivity index (χ0) is 22.0. The molecular weight excluding hydrogens is 453 g/mol. The Morgan fingerprint density at radius 1 is 0.968 bits per heavy atom. The molecule has 1 saturated heterocycles. The van der Waals surface area contributed by atoms with E-state index in [1.54, 1.807) is 24.3 Å². The first-order chi connectivity index (χ1) is 14.9. The van der Waals surface area contributed by atoms with Crippen molar-refractivity contribution < 1.29 is 9.59 Å². The van der Waals surface area contributed by atoms with Gasteiger partial charge in [0.25, 0.3) is 11.8 Å². The number of aryl methyl sites for hydroxylation is 1. The number of carbonyl (C=O) groups is 2. The lowest BCUT2D eigenvalue weighted by Crippen LogP contribution is -2.48. The highest BCUT2D eigenvalue weighted by molar-refractivity contribution is 7.18. The molecule has 1 N–H and O–H groups in total. The second-order valence-electron chi connectivity index (χ2n) is 7.31. The number of amides is 2. The summed E-state index contributed by atoms with van der Waals surface area (Å²) in [6.07, 6.45) is 0. The minimum atomic E-state index is -0.289. The Morgan fingerprint density at radius 3 is 2.32 bits per heavy atom. The number of benzene rings is 2. The molecule has 0 aliphatic carbocycles. The summed E-state index contributed by atoms with van der Waals surface area (Å²) in [7, 11) is 0. The van der Waals surface area contributed by atoms with Crippen LogP contribution >= 0.6 is 34.5 Å². The molecule has 5 nitrogen and oxygen atoms in total. The van der Waals surface area contributed by atoms with E-state index in [0.29, 0.717) is 38.6 Å². The quantitative estimate of drug-likeness (QED) is 0.537. The lowest BCUT2D eigenvalue weighted by Gasteiger charge is -2.36. The van der Waals surface area contributed by atoms with E-state index in [9.17, 15) is 9.59 Å². The van der Waals surface area contributed by atoms with Crippen LogP contribution in [-0.2, 0) is 0 Å². The van der Waals surface area contributed by atoms with Gasteiger partial charge in [-0.25, -0.2) is 0 Å². The summed E-state index contributed by atoms with van der Waals surface area (Å²) < 4.78 is 0. The standard InChI is InChI=1S/C23H21Cl2N3O2S/c1-15-14-20(26-22(29)18-4-2-3-5-19(18)25)31-21(15)23(30)28-12-10-27(11-13-28)17-8-6-16(24)7-9-17/h2-9,14H,10-13H2,1H3,(H,26,29). The van der Waals surface area contributed by atoms with Crippen molar-refractivity contribution in [3.63, 3.8) is 0 Å². The molecule has 1 aliphatic rings. The van der Waals surface area contributed by atoms with E-state index in [1.165, 1.54) is 11.3 Å². The van der Waals surface area contributed by atoms with Gasteiger partial charge < -0.3 is 15.1 Å². The summed E-state index contributed by atoms with van der Waals surface area (Å²) in [6, 6.07) is 16.5. The summed E-state index contributed by atoms with van der Waals surface area (Å²) in [4.78, 5) is 30.4. The highest BCUT2D eigenvalue weighted by Gasteiger charge is 2.25. The van der Waals surface area contributed by atoms with E-state index in [2.05, 4.69) is 10.2 Å². The van der Waals surface area contributed by atoms with Crippen LogP contribution in [-0.4, -0.2) is 42.9 Å². The van der Waals surface area contributed by atoms with Crippen molar-refractivity contribution in [3.8, 4) is 0 Å². The number of nitrogens with one attached hydrogen (secondary N) is 1. The van der Waals surface area contributed by atoms with E-state index >= 15 is 0 Å².